The van der Waals surface area contributed by atoms with Gasteiger partial charge in [-0.1, -0.05) is 17.7 Å². The van der Waals surface area contributed by atoms with E-state index in [1.807, 2.05) is 0 Å². The zero-order valence-electron chi connectivity index (χ0n) is 16.5. The van der Waals surface area contributed by atoms with Crippen molar-refractivity contribution >= 4 is 74.1 Å². The summed E-state index contributed by atoms with van der Waals surface area (Å²) < 4.78 is 18.5. The number of amides is 3. The van der Waals surface area contributed by atoms with Crippen LogP contribution in [0.15, 0.2) is 45.8 Å². The molecule has 1 N–H and O–H groups in total. The number of rotatable bonds is 6. The fourth-order valence-electron chi connectivity index (χ4n) is 2.70. The molecule has 32 heavy (non-hydrogen) atoms. The van der Waals surface area contributed by atoms with Crippen molar-refractivity contribution in [3.05, 3.63) is 67.7 Å². The first-order valence-electron chi connectivity index (χ1n) is 9.16. The lowest BCUT2D eigenvalue weighted by molar-refractivity contribution is -0.127. The highest BCUT2D eigenvalue weighted by molar-refractivity contribution is 9.10. The Morgan fingerprint density at radius 2 is 2.00 bits per heavy atom. The molecule has 0 aliphatic carbocycles. The van der Waals surface area contributed by atoms with Gasteiger partial charge in [-0.05, 0) is 76.6 Å². The van der Waals surface area contributed by atoms with Gasteiger partial charge in [0.25, 0.3) is 11.1 Å². The van der Waals surface area contributed by atoms with Crippen LogP contribution in [0.2, 0.25) is 5.02 Å². The highest BCUT2D eigenvalue weighted by Gasteiger charge is 2.36. The normalized spacial score (nSPS) is 14.8. The minimum atomic E-state index is -0.643. The van der Waals surface area contributed by atoms with Crippen LogP contribution in [-0.2, 0) is 14.3 Å². The van der Waals surface area contributed by atoms with Crippen molar-refractivity contribution in [1.82, 2.24) is 4.90 Å². The maximum absolute atomic E-state index is 13.4. The number of halogens is 3. The van der Waals surface area contributed by atoms with Gasteiger partial charge in [0.1, 0.15) is 12.4 Å². The number of esters is 1. The van der Waals surface area contributed by atoms with E-state index in [0.717, 1.165) is 4.90 Å². The van der Waals surface area contributed by atoms with E-state index < -0.39 is 35.4 Å². The van der Waals surface area contributed by atoms with Crippen LogP contribution >= 0.6 is 39.3 Å². The van der Waals surface area contributed by atoms with Crippen molar-refractivity contribution in [3.63, 3.8) is 0 Å². The van der Waals surface area contributed by atoms with Gasteiger partial charge in [0.15, 0.2) is 0 Å². The number of anilines is 1. The maximum atomic E-state index is 13.4. The number of carbonyl (C=O) groups excluding carboxylic acids is 4. The molecule has 0 spiro atoms. The first-order valence-corrected chi connectivity index (χ1v) is 11.1. The lowest BCUT2D eigenvalue weighted by atomic mass is 10.2. The van der Waals surface area contributed by atoms with Crippen LogP contribution in [0.5, 0.6) is 0 Å². The van der Waals surface area contributed by atoms with Gasteiger partial charge in [-0.15, -0.1) is 0 Å². The Hall–Kier alpha value is -2.69. The molecule has 1 aliphatic heterocycles. The molecule has 2 aromatic carbocycles. The topological polar surface area (TPSA) is 92.8 Å². The molecule has 1 aliphatic rings. The minimum absolute atomic E-state index is 0.0749. The molecule has 3 amide bonds. The van der Waals surface area contributed by atoms with Crippen LogP contribution in [-0.4, -0.2) is 41.1 Å². The molecular formula is C21H15BrClFN2O5S. The quantitative estimate of drug-likeness (QED) is 0.404. The molecule has 0 radical (unpaired) electrons. The second-order valence-electron chi connectivity index (χ2n) is 6.40. The Balaban J connectivity index is 1.70. The van der Waals surface area contributed by atoms with E-state index in [2.05, 4.69) is 21.2 Å². The maximum Gasteiger partial charge on any atom is 0.339 e. The Labute approximate surface area is 200 Å². The Morgan fingerprint density at radius 3 is 2.69 bits per heavy atom. The van der Waals surface area contributed by atoms with Gasteiger partial charge >= 0.3 is 5.97 Å². The van der Waals surface area contributed by atoms with Crippen LogP contribution in [0.3, 0.4) is 0 Å². The lowest BCUT2D eigenvalue weighted by Gasteiger charge is -2.13. The number of imide groups is 1. The van der Waals surface area contributed by atoms with Crippen molar-refractivity contribution in [1.29, 1.82) is 0 Å². The molecule has 0 saturated carbocycles. The molecule has 166 valence electrons. The lowest BCUT2D eigenvalue weighted by Crippen LogP contribution is -2.36. The van der Waals surface area contributed by atoms with E-state index in [1.54, 1.807) is 6.92 Å². The molecule has 7 nitrogen and oxygen atoms in total. The first-order chi connectivity index (χ1) is 15.2. The summed E-state index contributed by atoms with van der Waals surface area (Å²) in [5.41, 5.74) is 0.841. The highest BCUT2D eigenvalue weighted by Crippen LogP contribution is 2.32. The monoisotopic (exact) mass is 540 g/mol. The van der Waals surface area contributed by atoms with Crippen LogP contribution < -0.4 is 5.32 Å². The summed E-state index contributed by atoms with van der Waals surface area (Å²) in [5, 5.41) is 2.07. The van der Waals surface area contributed by atoms with Gasteiger partial charge in [0.2, 0.25) is 5.91 Å². The largest absolute Gasteiger partial charge is 0.462 e. The van der Waals surface area contributed by atoms with E-state index >= 15 is 0 Å². The van der Waals surface area contributed by atoms with Gasteiger partial charge in [-0.2, -0.15) is 0 Å². The molecular weight excluding hydrogens is 527 g/mol. The van der Waals surface area contributed by atoms with E-state index in [0.29, 0.717) is 17.3 Å². The Kier molecular flexibility index (Phi) is 7.70. The molecule has 0 atom stereocenters. The molecule has 11 heteroatoms. The summed E-state index contributed by atoms with van der Waals surface area (Å²) in [4.78, 5) is 50.1. The molecule has 2 aromatic rings. The Bertz CT molecular complexity index is 1160. The van der Waals surface area contributed by atoms with E-state index in [4.69, 9.17) is 16.3 Å². The summed E-state index contributed by atoms with van der Waals surface area (Å²) in [5.74, 6) is -2.38. The molecule has 0 unspecified atom stereocenters. The average molecular weight is 542 g/mol. The molecule has 3 rings (SSSR count). The summed E-state index contributed by atoms with van der Waals surface area (Å²) in [7, 11) is 0. The average Bonchev–Trinajstić information content (AvgIpc) is 2.99. The van der Waals surface area contributed by atoms with E-state index in [1.165, 1.54) is 42.5 Å². The zero-order chi connectivity index (χ0) is 23.4. The summed E-state index contributed by atoms with van der Waals surface area (Å²) in [6.45, 7) is 1.29. The molecule has 1 saturated heterocycles. The van der Waals surface area contributed by atoms with E-state index in [9.17, 15) is 23.6 Å². The second-order valence-corrected chi connectivity index (χ2v) is 8.66. The molecule has 0 bridgehead atoms. The number of benzene rings is 2. The van der Waals surface area contributed by atoms with Gasteiger partial charge < -0.3 is 10.1 Å². The number of hydrogen-bond donors (Lipinski definition) is 1. The molecule has 0 aromatic heterocycles. The number of carbonyl (C=O) groups is 4. The van der Waals surface area contributed by atoms with Crippen molar-refractivity contribution in [2.45, 2.75) is 6.92 Å². The van der Waals surface area contributed by atoms with Gasteiger partial charge in [0.05, 0.1) is 26.6 Å². The first kappa shape index (κ1) is 24.0. The molecule has 1 heterocycles. The third-order valence-electron chi connectivity index (χ3n) is 4.16. The van der Waals surface area contributed by atoms with Gasteiger partial charge in [-0.3, -0.25) is 19.3 Å². The third-order valence-corrected chi connectivity index (χ3v) is 6.01. The number of ether oxygens (including phenoxy) is 1. The number of hydrogen-bond acceptors (Lipinski definition) is 6. The number of nitrogens with zero attached hydrogens (tertiary/aromatic N) is 1. The standard InChI is InChI=1S/C21H15BrClFN2O5S/c1-2-31-20(29)13-9-12(4-5-15(13)23)25-18(27)10-26-19(28)17(32-21(26)30)8-11-3-6-16(24)14(22)7-11/h3-9H,2,10H2,1H3,(H,25,27)/b17-8+. The molecule has 1 fully saturated rings. The van der Waals surface area contributed by atoms with Crippen LogP contribution in [0.1, 0.15) is 22.8 Å². The van der Waals surface area contributed by atoms with Crippen LogP contribution in [0.4, 0.5) is 14.9 Å². The summed E-state index contributed by atoms with van der Waals surface area (Å²) >= 11 is 9.74. The number of nitrogens with one attached hydrogen (secondary N) is 1. The predicted octanol–water partition coefficient (Wildman–Crippen LogP) is 5.09. The van der Waals surface area contributed by atoms with Crippen LogP contribution in [0, 0.1) is 5.82 Å². The van der Waals surface area contributed by atoms with Crippen LogP contribution in [0.25, 0.3) is 6.08 Å². The van der Waals surface area contributed by atoms with Crippen molar-refractivity contribution < 1.29 is 28.3 Å². The van der Waals surface area contributed by atoms with Gasteiger partial charge in [-0.25, -0.2) is 9.18 Å². The predicted molar refractivity (Wildman–Crippen MR) is 123 cm³/mol. The third kappa shape index (κ3) is 5.56. The smallest absolute Gasteiger partial charge is 0.339 e. The summed E-state index contributed by atoms with van der Waals surface area (Å²) in [6, 6.07) is 8.40. The van der Waals surface area contributed by atoms with E-state index in [-0.39, 0.29) is 32.3 Å². The van der Waals surface area contributed by atoms with Crippen molar-refractivity contribution in [2.24, 2.45) is 0 Å². The second kappa shape index (κ2) is 10.3. The number of thioether (sulfide) groups is 1. The van der Waals surface area contributed by atoms with Crippen molar-refractivity contribution in [3.8, 4) is 0 Å². The van der Waals surface area contributed by atoms with Gasteiger partial charge in [0, 0.05) is 5.69 Å². The Morgan fingerprint density at radius 1 is 1.25 bits per heavy atom. The van der Waals surface area contributed by atoms with Crippen molar-refractivity contribution in [2.75, 3.05) is 18.5 Å². The SMILES string of the molecule is CCOC(=O)c1cc(NC(=O)CN2C(=O)S/C(=C/c3ccc(F)c(Br)c3)C2=O)ccc1Cl. The minimum Gasteiger partial charge on any atom is -0.462 e. The highest BCUT2D eigenvalue weighted by atomic mass is 79.9. The fraction of sp³-hybridized carbons (Fsp3) is 0.143. The summed E-state index contributed by atoms with van der Waals surface area (Å²) in [6.07, 6.45) is 1.44. The fourth-order valence-corrected chi connectivity index (χ4v) is 4.13. The zero-order valence-corrected chi connectivity index (χ0v) is 19.6.